The number of esters is 2. The van der Waals surface area contributed by atoms with Crippen molar-refractivity contribution in [3.05, 3.63) is 51.2 Å². The van der Waals surface area contributed by atoms with Crippen LogP contribution in [0.25, 0.3) is 0 Å². The highest BCUT2D eigenvalue weighted by molar-refractivity contribution is 7.98. The summed E-state index contributed by atoms with van der Waals surface area (Å²) in [6.07, 6.45) is 2.18. The number of carbonyl (C=O) groups is 4. The van der Waals surface area contributed by atoms with Gasteiger partial charge in [0, 0.05) is 0 Å². The number of rotatable bonds is 10. The van der Waals surface area contributed by atoms with Crippen LogP contribution >= 0.6 is 34.7 Å². The number of benzene rings is 1. The van der Waals surface area contributed by atoms with Gasteiger partial charge in [-0.25, -0.2) is 9.59 Å². The summed E-state index contributed by atoms with van der Waals surface area (Å²) in [6, 6.07) is 7.06. The Hall–Kier alpha value is -2.56. The molecule has 1 aromatic heterocycles. The van der Waals surface area contributed by atoms with E-state index in [1.807, 2.05) is 6.26 Å². The maximum Gasteiger partial charge on any atom is 0.350 e. The fourth-order valence-electron chi connectivity index (χ4n) is 2.45. The van der Waals surface area contributed by atoms with Gasteiger partial charge < -0.3 is 20.1 Å². The van der Waals surface area contributed by atoms with Crippen LogP contribution in [0.4, 0.5) is 5.69 Å². The van der Waals surface area contributed by atoms with Crippen LogP contribution in [0.5, 0.6) is 0 Å². The van der Waals surface area contributed by atoms with E-state index in [0.29, 0.717) is 12.2 Å². The molecule has 2 aromatic rings. The molecule has 11 heteroatoms. The van der Waals surface area contributed by atoms with Crippen molar-refractivity contribution in [2.75, 3.05) is 31.0 Å². The quantitative estimate of drug-likeness (QED) is 0.498. The highest BCUT2D eigenvalue weighted by atomic mass is 35.5. The maximum absolute atomic E-state index is 12.5. The van der Waals surface area contributed by atoms with E-state index in [0.717, 1.165) is 11.3 Å². The van der Waals surface area contributed by atoms with Gasteiger partial charge in [0.05, 0.1) is 23.4 Å². The molecule has 0 saturated carbocycles. The largest absolute Gasteiger partial charge is 0.465 e. The summed E-state index contributed by atoms with van der Waals surface area (Å²) in [6.45, 7) is -0.576. The lowest BCUT2D eigenvalue weighted by Crippen LogP contribution is -2.43. The second-order valence-corrected chi connectivity index (χ2v) is 8.41. The molecule has 0 aliphatic carbocycles. The van der Waals surface area contributed by atoms with Gasteiger partial charge in [-0.05, 0) is 42.0 Å². The molecule has 1 unspecified atom stereocenters. The third-order valence-corrected chi connectivity index (χ3v) is 5.84. The smallest absolute Gasteiger partial charge is 0.350 e. The van der Waals surface area contributed by atoms with Crippen LogP contribution in [0, 0.1) is 0 Å². The standard InChI is InChI=1S/C20H21ClN2O6S2/c1-28-20(27)17-14(8-10-31-17)22-16(24)11-29-19(26)15(7-9-30-2)23-18(25)12-5-3-4-6-13(12)21/h3-6,8,10,15H,7,9,11H2,1-2H3,(H,22,24)(H,23,25). The number of hydrogen-bond acceptors (Lipinski definition) is 8. The van der Waals surface area contributed by atoms with Crippen molar-refractivity contribution in [2.45, 2.75) is 12.5 Å². The number of thiophene rings is 1. The van der Waals surface area contributed by atoms with E-state index in [1.165, 1.54) is 18.9 Å². The van der Waals surface area contributed by atoms with Crippen molar-refractivity contribution < 1.29 is 28.7 Å². The number of amides is 2. The van der Waals surface area contributed by atoms with Gasteiger partial charge >= 0.3 is 11.9 Å². The first-order valence-electron chi connectivity index (χ1n) is 9.04. The average Bonchev–Trinajstić information content (AvgIpc) is 3.22. The molecule has 31 heavy (non-hydrogen) atoms. The molecule has 1 heterocycles. The zero-order chi connectivity index (χ0) is 22.8. The summed E-state index contributed by atoms with van der Waals surface area (Å²) < 4.78 is 9.73. The van der Waals surface area contributed by atoms with Crippen molar-refractivity contribution in [3.8, 4) is 0 Å². The minimum Gasteiger partial charge on any atom is -0.465 e. The summed E-state index contributed by atoms with van der Waals surface area (Å²) >= 11 is 8.65. The molecule has 0 fully saturated rings. The van der Waals surface area contributed by atoms with Crippen molar-refractivity contribution in [1.82, 2.24) is 5.32 Å². The van der Waals surface area contributed by atoms with Gasteiger partial charge in [-0.2, -0.15) is 11.8 Å². The normalized spacial score (nSPS) is 11.3. The summed E-state index contributed by atoms with van der Waals surface area (Å²) in [7, 11) is 1.24. The number of anilines is 1. The molecule has 1 aromatic carbocycles. The fraction of sp³-hybridized carbons (Fsp3) is 0.300. The Morgan fingerprint density at radius 1 is 1.19 bits per heavy atom. The molecule has 166 valence electrons. The van der Waals surface area contributed by atoms with E-state index in [1.54, 1.807) is 35.7 Å². The molecule has 0 saturated heterocycles. The summed E-state index contributed by atoms with van der Waals surface area (Å²) in [5.41, 5.74) is 0.500. The molecule has 0 aliphatic heterocycles. The molecule has 0 aliphatic rings. The lowest BCUT2D eigenvalue weighted by Gasteiger charge is -2.17. The van der Waals surface area contributed by atoms with Crippen LogP contribution in [0.3, 0.4) is 0 Å². The molecular formula is C20H21ClN2O6S2. The lowest BCUT2D eigenvalue weighted by atomic mass is 10.1. The van der Waals surface area contributed by atoms with Gasteiger partial charge in [0.25, 0.3) is 11.8 Å². The first kappa shape index (κ1) is 24.7. The Kier molecular flexibility index (Phi) is 9.83. The lowest BCUT2D eigenvalue weighted by molar-refractivity contribution is -0.149. The van der Waals surface area contributed by atoms with Gasteiger partial charge in [-0.3, -0.25) is 9.59 Å². The van der Waals surface area contributed by atoms with Crippen LogP contribution in [0.2, 0.25) is 5.02 Å². The molecule has 2 rings (SSSR count). The Morgan fingerprint density at radius 2 is 1.94 bits per heavy atom. The Balaban J connectivity index is 1.96. The average molecular weight is 485 g/mol. The number of halogens is 1. The van der Waals surface area contributed by atoms with Crippen LogP contribution in [0.15, 0.2) is 35.7 Å². The van der Waals surface area contributed by atoms with E-state index >= 15 is 0 Å². The number of methoxy groups -OCH3 is 1. The molecular weight excluding hydrogens is 464 g/mol. The van der Waals surface area contributed by atoms with E-state index in [-0.39, 0.29) is 21.2 Å². The predicted octanol–water partition coefficient (Wildman–Crippen LogP) is 3.22. The summed E-state index contributed by atoms with van der Waals surface area (Å²) in [4.78, 5) is 49.1. The maximum atomic E-state index is 12.5. The molecule has 0 radical (unpaired) electrons. The van der Waals surface area contributed by atoms with Crippen LogP contribution < -0.4 is 10.6 Å². The highest BCUT2D eigenvalue weighted by Crippen LogP contribution is 2.23. The van der Waals surface area contributed by atoms with Crippen molar-refractivity contribution >= 4 is 64.1 Å². The Labute approximate surface area is 192 Å². The third-order valence-electron chi connectivity index (χ3n) is 3.97. The SMILES string of the molecule is COC(=O)c1sccc1NC(=O)COC(=O)C(CCSC)NC(=O)c1ccccc1Cl. The number of hydrogen-bond donors (Lipinski definition) is 2. The van der Waals surface area contributed by atoms with E-state index in [9.17, 15) is 19.2 Å². The topological polar surface area (TPSA) is 111 Å². The van der Waals surface area contributed by atoms with Crippen LogP contribution in [-0.4, -0.2) is 55.5 Å². The Morgan fingerprint density at radius 3 is 2.61 bits per heavy atom. The van der Waals surface area contributed by atoms with Crippen molar-refractivity contribution in [2.24, 2.45) is 0 Å². The van der Waals surface area contributed by atoms with Gasteiger partial charge in [0.15, 0.2) is 6.61 Å². The Bertz CT molecular complexity index is 949. The zero-order valence-electron chi connectivity index (χ0n) is 16.8. The van der Waals surface area contributed by atoms with Gasteiger partial charge in [-0.15, -0.1) is 11.3 Å². The zero-order valence-corrected chi connectivity index (χ0v) is 19.2. The molecule has 0 bridgehead atoms. The minimum absolute atomic E-state index is 0.229. The predicted molar refractivity (Wildman–Crippen MR) is 121 cm³/mol. The number of ether oxygens (including phenoxy) is 2. The number of thioether (sulfide) groups is 1. The van der Waals surface area contributed by atoms with Gasteiger partial charge in [-0.1, -0.05) is 23.7 Å². The number of nitrogens with one attached hydrogen (secondary N) is 2. The molecule has 0 spiro atoms. The third kappa shape index (κ3) is 7.27. The monoisotopic (exact) mass is 484 g/mol. The summed E-state index contributed by atoms with van der Waals surface area (Å²) in [5, 5.41) is 6.99. The fourth-order valence-corrected chi connectivity index (χ4v) is 3.91. The first-order valence-corrected chi connectivity index (χ1v) is 11.7. The van der Waals surface area contributed by atoms with Crippen molar-refractivity contribution in [3.63, 3.8) is 0 Å². The van der Waals surface area contributed by atoms with E-state index in [2.05, 4.69) is 15.4 Å². The van der Waals surface area contributed by atoms with E-state index < -0.39 is 36.4 Å². The second-order valence-electron chi connectivity index (χ2n) is 6.10. The van der Waals surface area contributed by atoms with Gasteiger partial charge in [0.1, 0.15) is 10.9 Å². The first-order chi connectivity index (χ1) is 14.9. The van der Waals surface area contributed by atoms with Crippen LogP contribution in [-0.2, 0) is 19.1 Å². The molecule has 2 amide bonds. The molecule has 2 N–H and O–H groups in total. The van der Waals surface area contributed by atoms with Gasteiger partial charge in [0.2, 0.25) is 0 Å². The second kappa shape index (κ2) is 12.3. The number of carbonyl (C=O) groups excluding carboxylic acids is 4. The van der Waals surface area contributed by atoms with Crippen LogP contribution in [0.1, 0.15) is 26.5 Å². The van der Waals surface area contributed by atoms with E-state index in [4.69, 9.17) is 16.3 Å². The molecule has 1 atom stereocenters. The summed E-state index contributed by atoms with van der Waals surface area (Å²) in [5.74, 6) is -1.88. The minimum atomic E-state index is -0.948. The van der Waals surface area contributed by atoms with Crippen molar-refractivity contribution in [1.29, 1.82) is 0 Å². The molecule has 8 nitrogen and oxygen atoms in total. The highest BCUT2D eigenvalue weighted by Gasteiger charge is 2.24.